The van der Waals surface area contributed by atoms with E-state index in [1.54, 1.807) is 48.7 Å². The van der Waals surface area contributed by atoms with Crippen LogP contribution in [0.4, 0.5) is 0 Å². The molecular formula is C16H18ClN3O3. The van der Waals surface area contributed by atoms with Gasteiger partial charge in [-0.25, -0.2) is 0 Å². The number of ether oxygens (including phenoxy) is 1. The predicted molar refractivity (Wildman–Crippen MR) is 86.5 cm³/mol. The van der Waals surface area contributed by atoms with Crippen molar-refractivity contribution in [1.82, 2.24) is 14.9 Å². The number of aliphatic carboxylic acids is 1. The normalized spacial score (nSPS) is 12.2. The number of hydrogen-bond donors (Lipinski definition) is 1. The highest BCUT2D eigenvalue weighted by molar-refractivity contribution is 6.30. The molecule has 0 saturated heterocycles. The van der Waals surface area contributed by atoms with Crippen molar-refractivity contribution in [3.8, 4) is 5.75 Å². The fraction of sp³-hybridized carbons (Fsp3) is 0.312. The summed E-state index contributed by atoms with van der Waals surface area (Å²) in [6, 6.07) is 4.08. The third-order valence-electron chi connectivity index (χ3n) is 3.27. The lowest BCUT2D eigenvalue weighted by Crippen LogP contribution is -2.31. The van der Waals surface area contributed by atoms with Gasteiger partial charge in [-0.05, 0) is 32.2 Å². The van der Waals surface area contributed by atoms with E-state index in [0.717, 1.165) is 0 Å². The predicted octanol–water partition coefficient (Wildman–Crippen LogP) is 2.79. The minimum absolute atomic E-state index is 0.336. The van der Waals surface area contributed by atoms with Crippen molar-refractivity contribution in [2.75, 3.05) is 13.7 Å². The molecule has 0 bridgehead atoms. The van der Waals surface area contributed by atoms with Gasteiger partial charge in [0.2, 0.25) is 0 Å². The van der Waals surface area contributed by atoms with Crippen LogP contribution in [0.2, 0.25) is 5.02 Å². The van der Waals surface area contributed by atoms with Crippen LogP contribution in [0.25, 0.3) is 0 Å². The molecule has 1 heterocycles. The molecule has 6 nitrogen and oxygen atoms in total. The van der Waals surface area contributed by atoms with Gasteiger partial charge in [-0.1, -0.05) is 11.6 Å². The van der Waals surface area contributed by atoms with Gasteiger partial charge in [-0.3, -0.25) is 19.7 Å². The number of carboxylic acid groups (broad SMARTS) is 1. The summed E-state index contributed by atoms with van der Waals surface area (Å²) in [6.45, 7) is 2.62. The molecule has 0 unspecified atom stereocenters. The van der Waals surface area contributed by atoms with Crippen molar-refractivity contribution >= 4 is 17.6 Å². The van der Waals surface area contributed by atoms with Gasteiger partial charge >= 0.3 is 5.97 Å². The molecule has 0 aliphatic heterocycles. The number of rotatable bonds is 7. The van der Waals surface area contributed by atoms with E-state index in [9.17, 15) is 9.90 Å². The summed E-state index contributed by atoms with van der Waals surface area (Å²) < 4.78 is 5.55. The van der Waals surface area contributed by atoms with Crippen molar-refractivity contribution < 1.29 is 14.6 Å². The van der Waals surface area contributed by atoms with Crippen molar-refractivity contribution in [1.29, 1.82) is 0 Å². The number of likely N-dealkylation sites (N-methyl/N-ethyl adjacent to an activating group) is 1. The Morgan fingerprint density at radius 1 is 1.43 bits per heavy atom. The molecule has 1 N–H and O–H groups in total. The molecule has 0 radical (unpaired) electrons. The van der Waals surface area contributed by atoms with Gasteiger partial charge in [0.05, 0.1) is 12.3 Å². The van der Waals surface area contributed by atoms with E-state index < -0.39 is 12.0 Å². The molecule has 0 saturated carbocycles. The van der Waals surface area contributed by atoms with Gasteiger partial charge < -0.3 is 9.84 Å². The standard InChI is InChI=1S/C16H18ClN3O3/c1-3-23-14-5-4-11(17)8-13(14)15(16(21)22)20(2)10-12-9-18-6-7-19-12/h4-9,15H,3,10H2,1-2H3,(H,21,22)/t15-/m1/s1. The fourth-order valence-electron chi connectivity index (χ4n) is 2.34. The lowest BCUT2D eigenvalue weighted by molar-refractivity contribution is -0.143. The maximum Gasteiger partial charge on any atom is 0.325 e. The smallest absolute Gasteiger partial charge is 0.325 e. The number of carboxylic acids is 1. The fourth-order valence-corrected chi connectivity index (χ4v) is 2.52. The van der Waals surface area contributed by atoms with Crippen molar-refractivity contribution in [2.45, 2.75) is 19.5 Å². The van der Waals surface area contributed by atoms with E-state index in [0.29, 0.717) is 35.2 Å². The van der Waals surface area contributed by atoms with Gasteiger partial charge in [0.25, 0.3) is 0 Å². The maximum atomic E-state index is 11.8. The minimum atomic E-state index is -0.986. The number of aromatic nitrogens is 2. The quantitative estimate of drug-likeness (QED) is 0.838. The Morgan fingerprint density at radius 3 is 2.83 bits per heavy atom. The first-order valence-electron chi connectivity index (χ1n) is 7.13. The zero-order chi connectivity index (χ0) is 16.8. The Kier molecular flexibility index (Phi) is 5.90. The highest BCUT2D eigenvalue weighted by Crippen LogP contribution is 2.32. The summed E-state index contributed by atoms with van der Waals surface area (Å²) in [5, 5.41) is 10.1. The first-order valence-corrected chi connectivity index (χ1v) is 7.51. The Morgan fingerprint density at radius 2 is 2.22 bits per heavy atom. The van der Waals surface area contributed by atoms with E-state index in [-0.39, 0.29) is 0 Å². The highest BCUT2D eigenvalue weighted by Gasteiger charge is 2.28. The number of carbonyl (C=O) groups is 1. The maximum absolute atomic E-state index is 11.8. The van der Waals surface area contributed by atoms with E-state index >= 15 is 0 Å². The number of hydrogen-bond acceptors (Lipinski definition) is 5. The summed E-state index contributed by atoms with van der Waals surface area (Å²) in [5.74, 6) is -0.477. The molecule has 7 heteroatoms. The van der Waals surface area contributed by atoms with Crippen LogP contribution in [0.1, 0.15) is 24.2 Å². The molecule has 122 valence electrons. The molecular weight excluding hydrogens is 318 g/mol. The molecule has 0 aliphatic carbocycles. The summed E-state index contributed by atoms with van der Waals surface area (Å²) in [6.07, 6.45) is 4.75. The SMILES string of the molecule is CCOc1ccc(Cl)cc1[C@H](C(=O)O)N(C)Cc1cnccn1. The summed E-state index contributed by atoms with van der Waals surface area (Å²) in [7, 11) is 1.71. The Bertz CT molecular complexity index is 667. The second-order valence-corrected chi connectivity index (χ2v) is 5.40. The van der Waals surface area contributed by atoms with Gasteiger partial charge in [0, 0.05) is 35.7 Å². The second-order valence-electron chi connectivity index (χ2n) is 4.97. The Labute approximate surface area is 139 Å². The van der Waals surface area contributed by atoms with Gasteiger partial charge in [-0.15, -0.1) is 0 Å². The second kappa shape index (κ2) is 7.89. The molecule has 2 rings (SSSR count). The van der Waals surface area contributed by atoms with Crippen LogP contribution in [0, 0.1) is 0 Å². The van der Waals surface area contributed by atoms with Gasteiger partial charge in [0.1, 0.15) is 11.8 Å². The van der Waals surface area contributed by atoms with E-state index in [4.69, 9.17) is 16.3 Å². The lowest BCUT2D eigenvalue weighted by atomic mass is 10.0. The van der Waals surface area contributed by atoms with Crippen LogP contribution in [-0.2, 0) is 11.3 Å². The van der Waals surface area contributed by atoms with E-state index in [2.05, 4.69) is 9.97 Å². The van der Waals surface area contributed by atoms with Crippen LogP contribution in [0.15, 0.2) is 36.8 Å². The van der Waals surface area contributed by atoms with Crippen LogP contribution in [-0.4, -0.2) is 39.6 Å². The van der Waals surface area contributed by atoms with Crippen LogP contribution >= 0.6 is 11.6 Å². The minimum Gasteiger partial charge on any atom is -0.494 e. The first kappa shape index (κ1) is 17.2. The third-order valence-corrected chi connectivity index (χ3v) is 3.50. The number of nitrogens with zero attached hydrogens (tertiary/aromatic N) is 3. The summed E-state index contributed by atoms with van der Waals surface area (Å²) in [5.41, 5.74) is 1.19. The lowest BCUT2D eigenvalue weighted by Gasteiger charge is -2.26. The largest absolute Gasteiger partial charge is 0.494 e. The average molecular weight is 336 g/mol. The average Bonchev–Trinajstić information content (AvgIpc) is 2.51. The van der Waals surface area contributed by atoms with E-state index in [1.807, 2.05) is 6.92 Å². The molecule has 23 heavy (non-hydrogen) atoms. The molecule has 0 spiro atoms. The van der Waals surface area contributed by atoms with Crippen molar-refractivity contribution in [3.05, 3.63) is 53.1 Å². The molecule has 1 atom stereocenters. The van der Waals surface area contributed by atoms with Gasteiger partial charge in [0.15, 0.2) is 0 Å². The summed E-state index contributed by atoms with van der Waals surface area (Å²) in [4.78, 5) is 21.7. The first-order chi connectivity index (χ1) is 11.0. The molecule has 1 aromatic heterocycles. The van der Waals surface area contributed by atoms with Crippen molar-refractivity contribution in [3.63, 3.8) is 0 Å². The molecule has 2 aromatic rings. The van der Waals surface area contributed by atoms with Crippen LogP contribution in [0.5, 0.6) is 5.75 Å². The Hall–Kier alpha value is -2.18. The van der Waals surface area contributed by atoms with Crippen LogP contribution < -0.4 is 4.74 Å². The van der Waals surface area contributed by atoms with Crippen molar-refractivity contribution in [2.24, 2.45) is 0 Å². The third kappa shape index (κ3) is 4.40. The van der Waals surface area contributed by atoms with E-state index in [1.165, 1.54) is 0 Å². The van der Waals surface area contributed by atoms with Crippen LogP contribution in [0.3, 0.4) is 0 Å². The Balaban J connectivity index is 2.34. The zero-order valence-electron chi connectivity index (χ0n) is 12.9. The zero-order valence-corrected chi connectivity index (χ0v) is 13.7. The molecule has 0 aliphatic rings. The highest BCUT2D eigenvalue weighted by atomic mass is 35.5. The topological polar surface area (TPSA) is 75.6 Å². The summed E-state index contributed by atoms with van der Waals surface area (Å²) >= 11 is 6.04. The molecule has 0 fully saturated rings. The number of halogens is 1. The van der Waals surface area contributed by atoms with Gasteiger partial charge in [-0.2, -0.15) is 0 Å². The molecule has 1 aromatic carbocycles. The monoisotopic (exact) mass is 335 g/mol. The molecule has 0 amide bonds. The number of benzene rings is 1.